The highest BCUT2D eigenvalue weighted by Gasteiger charge is 2.38. The van der Waals surface area contributed by atoms with Crippen molar-refractivity contribution >= 4 is 22.7 Å². The Kier molecular flexibility index (Phi) is 3.51. The Morgan fingerprint density at radius 1 is 1.13 bits per heavy atom. The van der Waals surface area contributed by atoms with E-state index in [9.17, 15) is 22.4 Å². The number of fused-ring (bicyclic) bond motifs is 1. The third kappa shape index (κ3) is 3.15. The Morgan fingerprint density at radius 2 is 1.91 bits per heavy atom. The van der Waals surface area contributed by atoms with Gasteiger partial charge in [0.1, 0.15) is 11.3 Å². The summed E-state index contributed by atoms with van der Waals surface area (Å²) in [4.78, 5) is 15.0. The van der Waals surface area contributed by atoms with Gasteiger partial charge in [0.25, 0.3) is 0 Å². The fourth-order valence-electron chi connectivity index (χ4n) is 1.95. The summed E-state index contributed by atoms with van der Waals surface area (Å²) in [7, 11) is 0. The highest BCUT2D eigenvalue weighted by atomic mass is 19.4. The van der Waals surface area contributed by atoms with Crippen LogP contribution in [-0.2, 0) is 4.79 Å². The van der Waals surface area contributed by atoms with Gasteiger partial charge >= 0.3 is 12.1 Å². The fourth-order valence-corrected chi connectivity index (χ4v) is 1.95. The number of halogens is 4. The zero-order chi connectivity index (χ0) is 16.6. The Bertz CT molecular complexity index is 887. The number of amides is 1. The largest absolute Gasteiger partial charge is 0.471 e. The number of nitrogens with zero attached hydrogens (tertiary/aromatic N) is 1. The zero-order valence-electron chi connectivity index (χ0n) is 11.3. The lowest BCUT2D eigenvalue weighted by atomic mass is 10.2. The SMILES string of the molecule is O=C(Nc1ccc2nc(-c3cccc(F)c3)oc2c1)C(F)(F)F. The number of rotatable bonds is 2. The van der Waals surface area contributed by atoms with Crippen LogP contribution in [0.3, 0.4) is 0 Å². The Morgan fingerprint density at radius 3 is 2.61 bits per heavy atom. The molecule has 0 saturated heterocycles. The van der Waals surface area contributed by atoms with E-state index in [1.54, 1.807) is 11.4 Å². The first-order chi connectivity index (χ1) is 10.8. The minimum atomic E-state index is -4.98. The summed E-state index contributed by atoms with van der Waals surface area (Å²) in [6.45, 7) is 0. The number of alkyl halides is 3. The van der Waals surface area contributed by atoms with E-state index in [-0.39, 0.29) is 17.2 Å². The molecular formula is C15H8F4N2O2. The summed E-state index contributed by atoms with van der Waals surface area (Å²) in [6, 6.07) is 9.43. The van der Waals surface area contributed by atoms with Gasteiger partial charge in [0.05, 0.1) is 0 Å². The van der Waals surface area contributed by atoms with Crippen LogP contribution in [0.1, 0.15) is 0 Å². The van der Waals surface area contributed by atoms with Crippen molar-refractivity contribution < 1.29 is 26.8 Å². The quantitative estimate of drug-likeness (QED) is 0.721. The van der Waals surface area contributed by atoms with E-state index in [2.05, 4.69) is 4.98 Å². The molecule has 2 aromatic carbocycles. The van der Waals surface area contributed by atoms with Crippen molar-refractivity contribution in [3.8, 4) is 11.5 Å². The molecule has 0 aliphatic rings. The topological polar surface area (TPSA) is 55.1 Å². The molecule has 0 fully saturated rings. The monoisotopic (exact) mass is 324 g/mol. The molecule has 0 aliphatic carbocycles. The van der Waals surface area contributed by atoms with Crippen molar-refractivity contribution in [2.75, 3.05) is 5.32 Å². The number of aromatic nitrogens is 1. The molecule has 0 bridgehead atoms. The summed E-state index contributed by atoms with van der Waals surface area (Å²) >= 11 is 0. The van der Waals surface area contributed by atoms with Gasteiger partial charge in [-0.1, -0.05) is 6.07 Å². The van der Waals surface area contributed by atoms with E-state index in [1.807, 2.05) is 0 Å². The Hall–Kier alpha value is -2.90. The lowest BCUT2D eigenvalue weighted by Crippen LogP contribution is -2.29. The highest BCUT2D eigenvalue weighted by molar-refractivity contribution is 5.96. The van der Waals surface area contributed by atoms with Crippen molar-refractivity contribution in [1.29, 1.82) is 0 Å². The molecule has 8 heteroatoms. The zero-order valence-corrected chi connectivity index (χ0v) is 11.3. The fraction of sp³-hybridized carbons (Fsp3) is 0.0667. The van der Waals surface area contributed by atoms with E-state index in [4.69, 9.17) is 4.42 Å². The minimum Gasteiger partial charge on any atom is -0.436 e. The van der Waals surface area contributed by atoms with Crippen LogP contribution in [0.15, 0.2) is 46.9 Å². The number of carbonyl (C=O) groups is 1. The number of nitrogens with one attached hydrogen (secondary N) is 1. The second kappa shape index (κ2) is 5.38. The molecule has 3 aromatic rings. The van der Waals surface area contributed by atoms with Gasteiger partial charge in [0, 0.05) is 17.3 Å². The van der Waals surface area contributed by atoms with Crippen LogP contribution in [-0.4, -0.2) is 17.1 Å². The maximum Gasteiger partial charge on any atom is 0.471 e. The summed E-state index contributed by atoms with van der Waals surface area (Å²) in [5.74, 6) is -2.43. The average molecular weight is 324 g/mol. The van der Waals surface area contributed by atoms with Crippen LogP contribution >= 0.6 is 0 Å². The number of hydrogen-bond acceptors (Lipinski definition) is 3. The minimum absolute atomic E-state index is 0.0817. The summed E-state index contributed by atoms with van der Waals surface area (Å²) in [5, 5.41) is 1.72. The maximum atomic E-state index is 13.2. The summed E-state index contributed by atoms with van der Waals surface area (Å²) in [5.41, 5.74) is 0.849. The standard InChI is InChI=1S/C15H8F4N2O2/c16-9-3-1-2-8(6-9)13-21-11-5-4-10(7-12(11)23-13)20-14(22)15(17,18)19/h1-7H,(H,20,22). The predicted molar refractivity (Wildman–Crippen MR) is 74.1 cm³/mol. The number of anilines is 1. The lowest BCUT2D eigenvalue weighted by Gasteiger charge is -2.07. The van der Waals surface area contributed by atoms with Crippen molar-refractivity contribution in [1.82, 2.24) is 4.98 Å². The summed E-state index contributed by atoms with van der Waals surface area (Å²) in [6.07, 6.45) is -4.98. The second-order valence-electron chi connectivity index (χ2n) is 4.66. The molecule has 1 heterocycles. The number of carbonyl (C=O) groups excluding carboxylic acids is 1. The van der Waals surface area contributed by atoms with Gasteiger partial charge in [-0.15, -0.1) is 0 Å². The van der Waals surface area contributed by atoms with Crippen molar-refractivity contribution in [2.24, 2.45) is 0 Å². The van der Waals surface area contributed by atoms with Crippen LogP contribution in [0.25, 0.3) is 22.6 Å². The number of benzene rings is 2. The Balaban J connectivity index is 1.94. The third-order valence-corrected chi connectivity index (χ3v) is 2.98. The van der Waals surface area contributed by atoms with Gasteiger partial charge in [0.2, 0.25) is 5.89 Å². The van der Waals surface area contributed by atoms with Gasteiger partial charge < -0.3 is 9.73 Å². The first-order valence-corrected chi connectivity index (χ1v) is 6.37. The van der Waals surface area contributed by atoms with E-state index in [0.717, 1.165) is 0 Å². The van der Waals surface area contributed by atoms with Gasteiger partial charge in [-0.3, -0.25) is 4.79 Å². The maximum absolute atomic E-state index is 13.2. The highest BCUT2D eigenvalue weighted by Crippen LogP contribution is 2.27. The molecule has 0 aliphatic heterocycles. The van der Waals surface area contributed by atoms with Crippen LogP contribution in [0.5, 0.6) is 0 Å². The van der Waals surface area contributed by atoms with Crippen LogP contribution in [0.4, 0.5) is 23.2 Å². The van der Waals surface area contributed by atoms with E-state index in [1.165, 1.54) is 36.4 Å². The molecule has 0 saturated carbocycles. The van der Waals surface area contributed by atoms with Gasteiger partial charge in [-0.25, -0.2) is 9.37 Å². The molecule has 118 valence electrons. The van der Waals surface area contributed by atoms with Gasteiger partial charge in [-0.05, 0) is 30.3 Å². The molecule has 1 aromatic heterocycles. The molecule has 1 N–H and O–H groups in total. The molecule has 3 rings (SSSR count). The van der Waals surface area contributed by atoms with Crippen LogP contribution in [0.2, 0.25) is 0 Å². The number of oxazole rings is 1. The van der Waals surface area contributed by atoms with Gasteiger partial charge in [-0.2, -0.15) is 13.2 Å². The molecule has 0 unspecified atom stereocenters. The molecule has 23 heavy (non-hydrogen) atoms. The Labute approximate surface area is 126 Å². The first kappa shape index (κ1) is 15.0. The summed E-state index contributed by atoms with van der Waals surface area (Å²) < 4.78 is 55.3. The molecule has 0 atom stereocenters. The molecule has 4 nitrogen and oxygen atoms in total. The molecular weight excluding hydrogens is 316 g/mol. The van der Waals surface area contributed by atoms with Gasteiger partial charge in [0.15, 0.2) is 5.58 Å². The predicted octanol–water partition coefficient (Wildman–Crippen LogP) is 4.13. The van der Waals surface area contributed by atoms with Crippen molar-refractivity contribution in [3.05, 3.63) is 48.3 Å². The first-order valence-electron chi connectivity index (χ1n) is 6.37. The van der Waals surface area contributed by atoms with Crippen LogP contribution in [0, 0.1) is 5.82 Å². The molecule has 1 amide bonds. The average Bonchev–Trinajstić information content (AvgIpc) is 2.89. The molecule has 0 radical (unpaired) electrons. The van der Waals surface area contributed by atoms with E-state index >= 15 is 0 Å². The van der Waals surface area contributed by atoms with Crippen molar-refractivity contribution in [3.63, 3.8) is 0 Å². The second-order valence-corrected chi connectivity index (χ2v) is 4.66. The molecule has 0 spiro atoms. The van der Waals surface area contributed by atoms with E-state index in [0.29, 0.717) is 11.1 Å². The van der Waals surface area contributed by atoms with E-state index < -0.39 is 17.9 Å². The normalized spacial score (nSPS) is 11.7. The number of hydrogen-bond donors (Lipinski definition) is 1. The lowest BCUT2D eigenvalue weighted by molar-refractivity contribution is -0.167. The van der Waals surface area contributed by atoms with Crippen LogP contribution < -0.4 is 5.32 Å². The van der Waals surface area contributed by atoms with Crippen molar-refractivity contribution in [2.45, 2.75) is 6.18 Å². The third-order valence-electron chi connectivity index (χ3n) is 2.98. The smallest absolute Gasteiger partial charge is 0.436 e.